The topological polar surface area (TPSA) is 20.3 Å². The predicted molar refractivity (Wildman–Crippen MR) is 58.7 cm³/mol. The molecule has 18 heavy (non-hydrogen) atoms. The Morgan fingerprint density at radius 2 is 1.78 bits per heavy atom. The molecule has 1 amide bonds. The van der Waals surface area contributed by atoms with Crippen LogP contribution >= 0.6 is 0 Å². The quantitative estimate of drug-likeness (QED) is 0.766. The van der Waals surface area contributed by atoms with Gasteiger partial charge in [-0.2, -0.15) is 13.2 Å². The van der Waals surface area contributed by atoms with Gasteiger partial charge in [-0.15, -0.1) is 0 Å². The molecule has 0 saturated heterocycles. The van der Waals surface area contributed by atoms with Crippen molar-refractivity contribution in [3.8, 4) is 0 Å². The number of halogens is 4. The maximum absolute atomic E-state index is 13.7. The third-order valence-corrected chi connectivity index (χ3v) is 2.59. The third kappa shape index (κ3) is 2.80. The smallest absolute Gasteiger partial charge is 0.339 e. The number of benzene rings is 1. The van der Waals surface area contributed by atoms with Gasteiger partial charge in [0.2, 0.25) is 0 Å². The van der Waals surface area contributed by atoms with Gasteiger partial charge in [0.05, 0.1) is 11.1 Å². The molecule has 0 radical (unpaired) electrons. The molecule has 2 nitrogen and oxygen atoms in total. The van der Waals surface area contributed by atoms with Gasteiger partial charge in [0.15, 0.2) is 0 Å². The highest BCUT2D eigenvalue weighted by Crippen LogP contribution is 2.32. The zero-order chi connectivity index (χ0) is 13.9. The first-order valence-corrected chi connectivity index (χ1v) is 5.47. The Bertz CT molecular complexity index is 438. The lowest BCUT2D eigenvalue weighted by Crippen LogP contribution is -2.31. The van der Waals surface area contributed by atoms with Crippen molar-refractivity contribution in [2.75, 3.05) is 13.1 Å². The molecule has 0 fully saturated rings. The molecule has 0 aliphatic rings. The summed E-state index contributed by atoms with van der Waals surface area (Å²) in [6, 6.07) is 2.71. The standard InChI is InChI=1S/C12H13F4NO/c1-3-17(4-2)11(18)8-6-5-7-9(10(8)13)12(14,15)16/h5-7H,3-4H2,1-2H3. The molecular formula is C12H13F4NO. The van der Waals surface area contributed by atoms with Crippen molar-refractivity contribution in [2.45, 2.75) is 20.0 Å². The number of rotatable bonds is 3. The first kappa shape index (κ1) is 14.5. The maximum atomic E-state index is 13.7. The molecule has 6 heteroatoms. The summed E-state index contributed by atoms with van der Waals surface area (Å²) in [5, 5.41) is 0. The van der Waals surface area contributed by atoms with E-state index in [0.29, 0.717) is 19.2 Å². The summed E-state index contributed by atoms with van der Waals surface area (Å²) in [6.45, 7) is 3.97. The molecule has 100 valence electrons. The summed E-state index contributed by atoms with van der Waals surface area (Å²) in [7, 11) is 0. The SMILES string of the molecule is CCN(CC)C(=O)c1cccc(C(F)(F)F)c1F. The van der Waals surface area contributed by atoms with E-state index in [1.165, 1.54) is 4.90 Å². The van der Waals surface area contributed by atoms with Crippen LogP contribution in [0.25, 0.3) is 0 Å². The van der Waals surface area contributed by atoms with E-state index in [1.54, 1.807) is 13.8 Å². The van der Waals surface area contributed by atoms with E-state index in [-0.39, 0.29) is 0 Å². The molecule has 0 atom stereocenters. The Morgan fingerprint density at radius 3 is 2.22 bits per heavy atom. The second-order valence-electron chi connectivity index (χ2n) is 3.64. The van der Waals surface area contributed by atoms with Crippen LogP contribution in [-0.4, -0.2) is 23.9 Å². The van der Waals surface area contributed by atoms with Crippen LogP contribution < -0.4 is 0 Å². The maximum Gasteiger partial charge on any atom is 0.419 e. The van der Waals surface area contributed by atoms with Crippen molar-refractivity contribution in [2.24, 2.45) is 0 Å². The Hall–Kier alpha value is -1.59. The van der Waals surface area contributed by atoms with E-state index in [9.17, 15) is 22.4 Å². The van der Waals surface area contributed by atoms with Crippen LogP contribution in [-0.2, 0) is 6.18 Å². The van der Waals surface area contributed by atoms with E-state index in [4.69, 9.17) is 0 Å². The number of alkyl halides is 3. The minimum Gasteiger partial charge on any atom is -0.339 e. The summed E-state index contributed by atoms with van der Waals surface area (Å²) >= 11 is 0. The van der Waals surface area contributed by atoms with Gasteiger partial charge in [0, 0.05) is 13.1 Å². The van der Waals surface area contributed by atoms with Crippen molar-refractivity contribution in [1.82, 2.24) is 4.90 Å². The van der Waals surface area contributed by atoms with Crippen molar-refractivity contribution in [3.05, 3.63) is 35.1 Å². The van der Waals surface area contributed by atoms with E-state index in [1.807, 2.05) is 0 Å². The van der Waals surface area contributed by atoms with Crippen LogP contribution in [0.2, 0.25) is 0 Å². The normalized spacial score (nSPS) is 11.4. The molecule has 0 aliphatic heterocycles. The van der Waals surface area contributed by atoms with Crippen LogP contribution in [0.3, 0.4) is 0 Å². The largest absolute Gasteiger partial charge is 0.419 e. The summed E-state index contributed by atoms with van der Waals surface area (Å²) in [6.07, 6.45) is -4.80. The van der Waals surface area contributed by atoms with Crippen LogP contribution in [0.4, 0.5) is 17.6 Å². The molecule has 1 rings (SSSR count). The van der Waals surface area contributed by atoms with Gasteiger partial charge in [-0.05, 0) is 26.0 Å². The summed E-state index contributed by atoms with van der Waals surface area (Å²) < 4.78 is 51.2. The molecular weight excluding hydrogens is 250 g/mol. The van der Waals surface area contributed by atoms with Gasteiger partial charge >= 0.3 is 6.18 Å². The Morgan fingerprint density at radius 1 is 1.22 bits per heavy atom. The summed E-state index contributed by atoms with van der Waals surface area (Å²) in [5.41, 5.74) is -1.96. The second kappa shape index (κ2) is 5.37. The zero-order valence-electron chi connectivity index (χ0n) is 10.0. The molecule has 0 heterocycles. The van der Waals surface area contributed by atoms with E-state index in [2.05, 4.69) is 0 Å². The molecule has 0 unspecified atom stereocenters. The van der Waals surface area contributed by atoms with Gasteiger partial charge in [-0.25, -0.2) is 4.39 Å². The molecule has 1 aromatic carbocycles. The molecule has 0 aliphatic carbocycles. The summed E-state index contributed by atoms with van der Waals surface area (Å²) in [5.74, 6) is -2.24. The lowest BCUT2D eigenvalue weighted by Gasteiger charge is -2.19. The molecule has 0 aromatic heterocycles. The molecule has 0 bridgehead atoms. The molecule has 0 saturated carbocycles. The van der Waals surface area contributed by atoms with Crippen LogP contribution in [0, 0.1) is 5.82 Å². The van der Waals surface area contributed by atoms with Gasteiger partial charge in [0.25, 0.3) is 5.91 Å². The molecule has 0 N–H and O–H groups in total. The highest BCUT2D eigenvalue weighted by atomic mass is 19.4. The van der Waals surface area contributed by atoms with Crippen molar-refractivity contribution in [3.63, 3.8) is 0 Å². The fourth-order valence-corrected chi connectivity index (χ4v) is 1.60. The van der Waals surface area contributed by atoms with Crippen LogP contribution in [0.1, 0.15) is 29.8 Å². The lowest BCUT2D eigenvalue weighted by atomic mass is 10.1. The Balaban J connectivity index is 3.23. The van der Waals surface area contributed by atoms with Crippen LogP contribution in [0.15, 0.2) is 18.2 Å². The van der Waals surface area contributed by atoms with E-state index >= 15 is 0 Å². The third-order valence-electron chi connectivity index (χ3n) is 2.59. The fourth-order valence-electron chi connectivity index (χ4n) is 1.60. The Kier molecular flexibility index (Phi) is 4.32. The van der Waals surface area contributed by atoms with Gasteiger partial charge < -0.3 is 4.90 Å². The Labute approximate surface area is 102 Å². The molecule has 0 spiro atoms. The number of carbonyl (C=O) groups excluding carboxylic acids is 1. The van der Waals surface area contributed by atoms with E-state index < -0.39 is 29.0 Å². The summed E-state index contributed by atoms with van der Waals surface area (Å²) in [4.78, 5) is 13.1. The number of hydrogen-bond donors (Lipinski definition) is 0. The first-order chi connectivity index (χ1) is 8.32. The zero-order valence-corrected chi connectivity index (χ0v) is 10.0. The van der Waals surface area contributed by atoms with Crippen molar-refractivity contribution >= 4 is 5.91 Å². The first-order valence-electron chi connectivity index (χ1n) is 5.47. The second-order valence-corrected chi connectivity index (χ2v) is 3.64. The fraction of sp³-hybridized carbons (Fsp3) is 0.417. The minimum absolute atomic E-state index is 0.311. The van der Waals surface area contributed by atoms with Gasteiger partial charge in [0.1, 0.15) is 5.82 Å². The number of nitrogens with zero attached hydrogens (tertiary/aromatic N) is 1. The predicted octanol–water partition coefficient (Wildman–Crippen LogP) is 3.33. The van der Waals surface area contributed by atoms with E-state index in [0.717, 1.165) is 12.1 Å². The number of hydrogen-bond acceptors (Lipinski definition) is 1. The molecule has 1 aromatic rings. The highest BCUT2D eigenvalue weighted by molar-refractivity contribution is 5.94. The number of amides is 1. The van der Waals surface area contributed by atoms with Crippen LogP contribution in [0.5, 0.6) is 0 Å². The minimum atomic E-state index is -4.80. The average Bonchev–Trinajstić information content (AvgIpc) is 2.29. The average molecular weight is 263 g/mol. The van der Waals surface area contributed by atoms with Gasteiger partial charge in [-0.1, -0.05) is 6.07 Å². The highest BCUT2D eigenvalue weighted by Gasteiger charge is 2.36. The lowest BCUT2D eigenvalue weighted by molar-refractivity contribution is -0.140. The van der Waals surface area contributed by atoms with Gasteiger partial charge in [-0.3, -0.25) is 4.79 Å². The van der Waals surface area contributed by atoms with Crippen molar-refractivity contribution < 1.29 is 22.4 Å². The van der Waals surface area contributed by atoms with Crippen molar-refractivity contribution in [1.29, 1.82) is 0 Å². The monoisotopic (exact) mass is 263 g/mol. The number of carbonyl (C=O) groups is 1.